The molecule has 0 saturated carbocycles. The van der Waals surface area contributed by atoms with Gasteiger partial charge in [-0.2, -0.15) is 0 Å². The van der Waals surface area contributed by atoms with E-state index in [1.165, 1.54) is 0 Å². The molecule has 0 aliphatic rings. The third kappa shape index (κ3) is 3.71. The molecule has 0 radical (unpaired) electrons. The zero-order valence-corrected chi connectivity index (χ0v) is 11.8. The fraction of sp³-hybridized carbons (Fsp3) is 0.312. The van der Waals surface area contributed by atoms with E-state index in [2.05, 4.69) is 0 Å². The molecule has 2 rings (SSSR count). The van der Waals surface area contributed by atoms with E-state index in [4.69, 9.17) is 14.6 Å². The molecule has 0 heterocycles. The van der Waals surface area contributed by atoms with Gasteiger partial charge in [-0.25, -0.2) is 4.79 Å². The van der Waals surface area contributed by atoms with Gasteiger partial charge in [-0.1, -0.05) is 18.2 Å². The van der Waals surface area contributed by atoms with Gasteiger partial charge in [-0.3, -0.25) is 0 Å². The monoisotopic (exact) mass is 290 g/mol. The second-order valence-corrected chi connectivity index (χ2v) is 4.64. The fourth-order valence-electron chi connectivity index (χ4n) is 2.11. The Morgan fingerprint density at radius 2 is 1.90 bits per heavy atom. The summed E-state index contributed by atoms with van der Waals surface area (Å²) in [4.78, 5) is 11.3. The molecule has 0 bridgehead atoms. The average molecular weight is 290 g/mol. The molecule has 0 spiro atoms. The lowest BCUT2D eigenvalue weighted by molar-refractivity contribution is -0.151. The van der Waals surface area contributed by atoms with E-state index in [0.29, 0.717) is 12.0 Å². The van der Waals surface area contributed by atoms with Crippen LogP contribution in [0.1, 0.15) is 18.1 Å². The lowest BCUT2D eigenvalue weighted by Gasteiger charge is -2.14. The van der Waals surface area contributed by atoms with Gasteiger partial charge in [0, 0.05) is 6.61 Å². The van der Waals surface area contributed by atoms with E-state index in [1.807, 2.05) is 24.3 Å². The van der Waals surface area contributed by atoms with Crippen LogP contribution in [0, 0.1) is 0 Å². The highest BCUT2D eigenvalue weighted by Crippen LogP contribution is 2.26. The summed E-state index contributed by atoms with van der Waals surface area (Å²) in [6, 6.07) is 11.0. The maximum atomic E-state index is 11.3. The fourth-order valence-corrected chi connectivity index (χ4v) is 2.11. The third-order valence-electron chi connectivity index (χ3n) is 3.19. The first kappa shape index (κ1) is 15.3. The minimum Gasteiger partial charge on any atom is -0.497 e. The first-order valence-electron chi connectivity index (χ1n) is 6.68. The normalized spacial score (nSPS) is 12.3. The van der Waals surface area contributed by atoms with Crippen LogP contribution < -0.4 is 4.74 Å². The number of hydrogen-bond acceptors (Lipinski definition) is 4. The molecule has 1 atom stereocenters. The Hall–Kier alpha value is -2.11. The number of hydrogen-bond donors (Lipinski definition) is 2. The van der Waals surface area contributed by atoms with Crippen molar-refractivity contribution in [3.63, 3.8) is 0 Å². The van der Waals surface area contributed by atoms with E-state index in [9.17, 15) is 9.90 Å². The number of ether oxygens (including phenoxy) is 2. The number of aliphatic hydroxyl groups is 1. The van der Waals surface area contributed by atoms with Crippen molar-refractivity contribution in [2.24, 2.45) is 0 Å². The third-order valence-corrected chi connectivity index (χ3v) is 3.19. The standard InChI is InChI=1S/C16H18O5/c1-20-14-6-5-11-9-13(4-3-12(11)10-14)15(16(18)19)21-8-2-7-17/h3-6,9-10,15,17H,2,7-8H2,1H3,(H,18,19). The molecule has 112 valence electrons. The highest BCUT2D eigenvalue weighted by Gasteiger charge is 2.20. The topological polar surface area (TPSA) is 76.0 Å². The van der Waals surface area contributed by atoms with Crippen LogP contribution in [0.25, 0.3) is 10.8 Å². The Morgan fingerprint density at radius 1 is 1.19 bits per heavy atom. The summed E-state index contributed by atoms with van der Waals surface area (Å²) in [6.45, 7) is 0.179. The number of aliphatic hydroxyl groups excluding tert-OH is 1. The Bertz CT molecular complexity index is 623. The quantitative estimate of drug-likeness (QED) is 0.766. The Kier molecular flexibility index (Phi) is 5.14. The summed E-state index contributed by atoms with van der Waals surface area (Å²) in [5, 5.41) is 19.9. The van der Waals surface area contributed by atoms with Gasteiger partial charge in [-0.05, 0) is 41.0 Å². The van der Waals surface area contributed by atoms with Crippen LogP contribution in [-0.2, 0) is 9.53 Å². The molecule has 1 unspecified atom stereocenters. The van der Waals surface area contributed by atoms with Crippen molar-refractivity contribution < 1.29 is 24.5 Å². The molecule has 0 saturated heterocycles. The number of carbonyl (C=O) groups is 1. The predicted molar refractivity (Wildman–Crippen MR) is 78.5 cm³/mol. The molecule has 5 nitrogen and oxygen atoms in total. The molecule has 2 aromatic rings. The van der Waals surface area contributed by atoms with Gasteiger partial charge in [0.25, 0.3) is 0 Å². The zero-order chi connectivity index (χ0) is 15.2. The van der Waals surface area contributed by atoms with Crippen molar-refractivity contribution in [1.29, 1.82) is 0 Å². The van der Waals surface area contributed by atoms with Crippen molar-refractivity contribution in [3.8, 4) is 5.75 Å². The number of benzene rings is 2. The van der Waals surface area contributed by atoms with Crippen molar-refractivity contribution >= 4 is 16.7 Å². The lowest BCUT2D eigenvalue weighted by Crippen LogP contribution is -2.16. The number of fused-ring (bicyclic) bond motifs is 1. The Morgan fingerprint density at radius 3 is 2.57 bits per heavy atom. The van der Waals surface area contributed by atoms with Crippen LogP contribution >= 0.6 is 0 Å². The summed E-state index contributed by atoms with van der Waals surface area (Å²) in [5.74, 6) is -0.287. The van der Waals surface area contributed by atoms with E-state index < -0.39 is 12.1 Å². The molecule has 0 amide bonds. The van der Waals surface area contributed by atoms with E-state index in [0.717, 1.165) is 16.5 Å². The van der Waals surface area contributed by atoms with Crippen molar-refractivity contribution in [1.82, 2.24) is 0 Å². The second kappa shape index (κ2) is 7.06. The molecule has 2 aromatic carbocycles. The summed E-state index contributed by atoms with van der Waals surface area (Å²) < 4.78 is 10.5. The molecular formula is C16H18O5. The van der Waals surface area contributed by atoms with E-state index >= 15 is 0 Å². The van der Waals surface area contributed by atoms with Crippen LogP contribution in [0.15, 0.2) is 36.4 Å². The van der Waals surface area contributed by atoms with Crippen LogP contribution in [-0.4, -0.2) is 36.5 Å². The summed E-state index contributed by atoms with van der Waals surface area (Å²) in [6.07, 6.45) is -0.614. The Labute approximate surface area is 122 Å². The number of rotatable bonds is 7. The van der Waals surface area contributed by atoms with Crippen molar-refractivity contribution in [2.75, 3.05) is 20.3 Å². The van der Waals surface area contributed by atoms with Gasteiger partial charge in [0.1, 0.15) is 5.75 Å². The highest BCUT2D eigenvalue weighted by atomic mass is 16.5. The first-order valence-corrected chi connectivity index (χ1v) is 6.68. The van der Waals surface area contributed by atoms with E-state index in [-0.39, 0.29) is 13.2 Å². The lowest BCUT2D eigenvalue weighted by atomic mass is 10.0. The number of carboxylic acid groups (broad SMARTS) is 1. The van der Waals surface area contributed by atoms with Gasteiger partial charge >= 0.3 is 5.97 Å². The van der Waals surface area contributed by atoms with E-state index in [1.54, 1.807) is 19.2 Å². The predicted octanol–water partition coefficient (Wildman–Crippen LogP) is 2.37. The van der Waals surface area contributed by atoms with Crippen LogP contribution in [0.2, 0.25) is 0 Å². The molecule has 0 fully saturated rings. The van der Waals surface area contributed by atoms with Crippen LogP contribution in [0.4, 0.5) is 0 Å². The van der Waals surface area contributed by atoms with Gasteiger partial charge in [0.2, 0.25) is 0 Å². The number of carboxylic acids is 1. The first-order chi connectivity index (χ1) is 10.2. The highest BCUT2D eigenvalue weighted by molar-refractivity contribution is 5.86. The summed E-state index contributed by atoms with van der Waals surface area (Å²) >= 11 is 0. The molecule has 0 aliphatic carbocycles. The van der Waals surface area contributed by atoms with Gasteiger partial charge in [-0.15, -0.1) is 0 Å². The average Bonchev–Trinajstić information content (AvgIpc) is 2.50. The maximum Gasteiger partial charge on any atom is 0.337 e. The zero-order valence-electron chi connectivity index (χ0n) is 11.8. The maximum absolute atomic E-state index is 11.3. The van der Waals surface area contributed by atoms with Crippen molar-refractivity contribution in [3.05, 3.63) is 42.0 Å². The molecule has 0 aromatic heterocycles. The van der Waals surface area contributed by atoms with Crippen LogP contribution in [0.3, 0.4) is 0 Å². The molecule has 0 aliphatic heterocycles. The summed E-state index contributed by atoms with van der Waals surface area (Å²) in [7, 11) is 1.60. The Balaban J connectivity index is 2.28. The largest absolute Gasteiger partial charge is 0.497 e. The molecule has 5 heteroatoms. The van der Waals surface area contributed by atoms with Crippen LogP contribution in [0.5, 0.6) is 5.75 Å². The molecule has 21 heavy (non-hydrogen) atoms. The van der Waals surface area contributed by atoms with Crippen molar-refractivity contribution in [2.45, 2.75) is 12.5 Å². The van der Waals surface area contributed by atoms with Gasteiger partial charge < -0.3 is 19.7 Å². The number of methoxy groups -OCH3 is 1. The smallest absolute Gasteiger partial charge is 0.337 e. The second-order valence-electron chi connectivity index (χ2n) is 4.64. The molecular weight excluding hydrogens is 272 g/mol. The SMILES string of the molecule is COc1ccc2cc(C(OCCCO)C(=O)O)ccc2c1. The molecule has 2 N–H and O–H groups in total. The van der Waals surface area contributed by atoms with Gasteiger partial charge in [0.05, 0.1) is 13.7 Å². The number of aliphatic carboxylic acids is 1. The van der Waals surface area contributed by atoms with Gasteiger partial charge in [0.15, 0.2) is 6.10 Å². The summed E-state index contributed by atoms with van der Waals surface area (Å²) in [5.41, 5.74) is 0.582. The minimum atomic E-state index is -1.04. The minimum absolute atomic E-state index is 0.0240.